The number of nitrogens with one attached hydrogen (secondary N) is 5. The smallest absolute Gasteiger partial charge is 0.247 e. The van der Waals surface area contributed by atoms with E-state index in [0.717, 1.165) is 12.2 Å². The Morgan fingerprint density at radius 3 is 2.53 bits per heavy atom. The largest absolute Gasteiger partial charge is 0.469 e. The molecule has 2 aliphatic heterocycles. The number of nitrogens with zero attached hydrogens (tertiary/aromatic N) is 1. The molecule has 0 unspecified atom stereocenters. The van der Waals surface area contributed by atoms with Gasteiger partial charge < -0.3 is 46.4 Å². The molecule has 2 aromatic rings. The summed E-state index contributed by atoms with van der Waals surface area (Å²) in [4.78, 5) is 80.6. The van der Waals surface area contributed by atoms with Crippen LogP contribution in [-0.2, 0) is 52.9 Å². The normalized spacial score (nSPS) is 22.3. The molecule has 0 radical (unpaired) electrons. The Labute approximate surface area is 284 Å². The second-order valence-corrected chi connectivity index (χ2v) is 11.8. The molecule has 4 rings (SSSR count). The number of amides is 6. The first-order valence-electron chi connectivity index (χ1n) is 16.5. The minimum atomic E-state index is -1.02. The highest BCUT2D eigenvalue weighted by atomic mass is 16.5. The molecule has 3 atom stereocenters. The number of benzene rings is 1. The van der Waals surface area contributed by atoms with Gasteiger partial charge in [-0.1, -0.05) is 24.3 Å². The molecule has 0 spiro atoms. The average Bonchev–Trinajstić information content (AvgIpc) is 3.62. The average molecular weight is 680 g/mol. The van der Waals surface area contributed by atoms with Crippen LogP contribution in [0.3, 0.4) is 0 Å². The number of hydrogen-bond donors (Lipinski definition) is 6. The summed E-state index contributed by atoms with van der Waals surface area (Å²) in [6.07, 6.45) is 5.47. The van der Waals surface area contributed by atoms with Crippen molar-refractivity contribution in [1.29, 1.82) is 0 Å². The van der Waals surface area contributed by atoms with Crippen LogP contribution in [0.25, 0.3) is 0 Å². The monoisotopic (exact) mass is 679 g/mol. The number of carbonyl (C=O) groups excluding carboxylic acids is 6. The third kappa shape index (κ3) is 11.6. The van der Waals surface area contributed by atoms with Gasteiger partial charge in [-0.3, -0.25) is 28.8 Å². The number of hydrogen-bond acceptors (Lipinski definition) is 9. The van der Waals surface area contributed by atoms with Gasteiger partial charge in [0.2, 0.25) is 35.4 Å². The predicted molar refractivity (Wildman–Crippen MR) is 177 cm³/mol. The van der Waals surface area contributed by atoms with Gasteiger partial charge in [-0.25, -0.2) is 0 Å². The van der Waals surface area contributed by atoms with Crippen molar-refractivity contribution >= 4 is 35.4 Å². The zero-order chi connectivity index (χ0) is 35.0. The van der Waals surface area contributed by atoms with Crippen LogP contribution in [-0.4, -0.2) is 97.9 Å². The summed E-state index contributed by atoms with van der Waals surface area (Å²) in [7, 11) is 0. The molecule has 0 saturated carbocycles. The zero-order valence-electron chi connectivity index (χ0n) is 27.4. The number of nitrogens with two attached hydrogens (primary N) is 1. The van der Waals surface area contributed by atoms with Crippen molar-refractivity contribution in [3.63, 3.8) is 0 Å². The quantitative estimate of drug-likeness (QED) is 0.192. The van der Waals surface area contributed by atoms with E-state index >= 15 is 0 Å². The molecule has 264 valence electrons. The summed E-state index contributed by atoms with van der Waals surface area (Å²) >= 11 is 0. The zero-order valence-corrected chi connectivity index (χ0v) is 27.4. The molecule has 0 aliphatic carbocycles. The van der Waals surface area contributed by atoms with E-state index in [4.69, 9.17) is 14.9 Å². The first-order valence-corrected chi connectivity index (χ1v) is 16.5. The van der Waals surface area contributed by atoms with Gasteiger partial charge in [0.25, 0.3) is 0 Å². The molecule has 1 fully saturated rings. The summed E-state index contributed by atoms with van der Waals surface area (Å²) in [6.45, 7) is 1.51. The van der Waals surface area contributed by atoms with Crippen molar-refractivity contribution in [2.45, 2.75) is 63.2 Å². The Balaban J connectivity index is 1.57. The van der Waals surface area contributed by atoms with Crippen LogP contribution in [0.2, 0.25) is 0 Å². The van der Waals surface area contributed by atoms with Gasteiger partial charge in [0.15, 0.2) is 0 Å². The van der Waals surface area contributed by atoms with Crippen LogP contribution in [0.15, 0.2) is 59.2 Å². The molecule has 7 N–H and O–H groups in total. The van der Waals surface area contributed by atoms with E-state index in [1.807, 2.05) is 0 Å². The maximum atomic E-state index is 13.6. The SMILES string of the molecule is NCCOCCNC(=O)[C@@H]1CCNC(=O)/C=C/C(=O)N2CCCC[C@H]2C(=O)N[C@@H](Cc2ccco2)C(=O)NCc2ccccc2CC(=O)N1. The molecule has 1 saturated heterocycles. The molecular weight excluding hydrogens is 634 g/mol. The van der Waals surface area contributed by atoms with Crippen molar-refractivity contribution in [3.8, 4) is 0 Å². The standard InChI is InChI=1S/C34H45N7O8/c35-13-18-48-19-15-37-32(45)26-12-14-36-29(42)10-11-31(44)41-16-4-3-9-28(41)34(47)40-27(21-25-8-5-17-49-25)33(46)38-22-24-7-2-1-6-23(24)20-30(43)39-26/h1-2,5-8,10-11,17,26-28H,3-4,9,12-16,18-22,35H2,(H,36,42)(H,37,45)(H,38,46)(H,39,43)(H,40,47)/b11-10+/t26-,27-,28-/m0/s1. The van der Waals surface area contributed by atoms with Gasteiger partial charge in [0, 0.05) is 51.3 Å². The first-order chi connectivity index (χ1) is 23.7. The highest BCUT2D eigenvalue weighted by Crippen LogP contribution is 2.19. The Morgan fingerprint density at radius 1 is 0.939 bits per heavy atom. The molecule has 6 amide bonds. The van der Waals surface area contributed by atoms with Crippen LogP contribution in [0.1, 0.15) is 42.6 Å². The van der Waals surface area contributed by atoms with Crippen LogP contribution in [0.5, 0.6) is 0 Å². The number of fused-ring (bicyclic) bond motifs is 2. The van der Waals surface area contributed by atoms with Crippen molar-refractivity contribution < 1.29 is 37.9 Å². The van der Waals surface area contributed by atoms with Crippen molar-refractivity contribution in [3.05, 3.63) is 71.7 Å². The fourth-order valence-corrected chi connectivity index (χ4v) is 5.67. The Hall–Kier alpha value is -5.02. The summed E-state index contributed by atoms with van der Waals surface area (Å²) in [6, 6.07) is 7.60. The lowest BCUT2D eigenvalue weighted by atomic mass is 10.00. The second kappa shape index (κ2) is 19.1. The first kappa shape index (κ1) is 36.8. The summed E-state index contributed by atoms with van der Waals surface area (Å²) in [5, 5.41) is 13.8. The predicted octanol–water partition coefficient (Wildman–Crippen LogP) is -0.801. The van der Waals surface area contributed by atoms with E-state index < -0.39 is 53.6 Å². The molecule has 15 heteroatoms. The van der Waals surface area contributed by atoms with E-state index in [1.54, 1.807) is 36.4 Å². The topological polar surface area (TPSA) is 214 Å². The Kier molecular flexibility index (Phi) is 14.3. The third-order valence-electron chi connectivity index (χ3n) is 8.20. The lowest BCUT2D eigenvalue weighted by molar-refractivity contribution is -0.140. The van der Waals surface area contributed by atoms with Crippen molar-refractivity contribution in [2.75, 3.05) is 39.4 Å². The Bertz CT molecular complexity index is 1480. The number of furan rings is 1. The molecule has 2 aliphatic rings. The minimum absolute atomic E-state index is 0.0217. The van der Waals surface area contributed by atoms with E-state index in [1.165, 1.54) is 11.2 Å². The fraction of sp³-hybridized carbons (Fsp3) is 0.471. The lowest BCUT2D eigenvalue weighted by Crippen LogP contribution is -2.56. The molecular formula is C34H45N7O8. The number of piperidine rings is 1. The number of carbonyl (C=O) groups is 6. The molecule has 49 heavy (non-hydrogen) atoms. The number of rotatable bonds is 8. The second-order valence-electron chi connectivity index (χ2n) is 11.8. The van der Waals surface area contributed by atoms with E-state index in [0.29, 0.717) is 55.8 Å². The van der Waals surface area contributed by atoms with Crippen molar-refractivity contribution in [2.24, 2.45) is 5.73 Å². The molecule has 1 aromatic heterocycles. The van der Waals surface area contributed by atoms with Gasteiger partial charge in [-0.2, -0.15) is 0 Å². The van der Waals surface area contributed by atoms with Crippen LogP contribution >= 0.6 is 0 Å². The summed E-state index contributed by atoms with van der Waals surface area (Å²) < 4.78 is 10.8. The summed E-state index contributed by atoms with van der Waals surface area (Å²) in [5.74, 6) is -2.49. The minimum Gasteiger partial charge on any atom is -0.469 e. The van der Waals surface area contributed by atoms with Crippen LogP contribution in [0.4, 0.5) is 0 Å². The third-order valence-corrected chi connectivity index (χ3v) is 8.20. The highest BCUT2D eigenvalue weighted by molar-refractivity contribution is 5.99. The molecule has 0 bridgehead atoms. The molecule has 15 nitrogen and oxygen atoms in total. The molecule has 3 heterocycles. The highest BCUT2D eigenvalue weighted by Gasteiger charge is 2.34. The fourth-order valence-electron chi connectivity index (χ4n) is 5.67. The molecule has 1 aromatic carbocycles. The van der Waals surface area contributed by atoms with Gasteiger partial charge in [-0.15, -0.1) is 0 Å². The van der Waals surface area contributed by atoms with Crippen LogP contribution in [0, 0.1) is 0 Å². The van der Waals surface area contributed by atoms with Crippen LogP contribution < -0.4 is 32.3 Å². The lowest BCUT2D eigenvalue weighted by Gasteiger charge is -2.34. The van der Waals surface area contributed by atoms with Gasteiger partial charge in [0.1, 0.15) is 23.9 Å². The van der Waals surface area contributed by atoms with Crippen molar-refractivity contribution in [1.82, 2.24) is 31.5 Å². The van der Waals surface area contributed by atoms with E-state index in [2.05, 4.69) is 26.6 Å². The van der Waals surface area contributed by atoms with E-state index in [-0.39, 0.29) is 45.5 Å². The summed E-state index contributed by atoms with van der Waals surface area (Å²) in [5.41, 5.74) is 6.72. The maximum absolute atomic E-state index is 13.6. The van der Waals surface area contributed by atoms with Gasteiger partial charge >= 0.3 is 0 Å². The van der Waals surface area contributed by atoms with E-state index in [9.17, 15) is 28.8 Å². The Morgan fingerprint density at radius 2 is 1.76 bits per heavy atom. The number of ether oxygens (including phenoxy) is 1. The maximum Gasteiger partial charge on any atom is 0.247 e. The van der Waals surface area contributed by atoms with Gasteiger partial charge in [-0.05, 0) is 48.9 Å². The van der Waals surface area contributed by atoms with Gasteiger partial charge in [0.05, 0.1) is 25.9 Å².